The summed E-state index contributed by atoms with van der Waals surface area (Å²) in [5, 5.41) is 0. The molecule has 1 aromatic heterocycles. The highest BCUT2D eigenvalue weighted by atomic mass is 16.5. The van der Waals surface area contributed by atoms with Gasteiger partial charge in [0, 0.05) is 24.5 Å². The fourth-order valence-electron chi connectivity index (χ4n) is 1.97. The molecule has 0 atom stereocenters. The average Bonchev–Trinajstić information content (AvgIpc) is 2.47. The first kappa shape index (κ1) is 14.2. The van der Waals surface area contributed by atoms with Crippen molar-refractivity contribution >= 4 is 5.69 Å². The summed E-state index contributed by atoms with van der Waals surface area (Å²) in [6.07, 6.45) is 3.45. The first-order valence-corrected chi connectivity index (χ1v) is 6.87. The highest BCUT2D eigenvalue weighted by Gasteiger charge is 1.98. The van der Waals surface area contributed by atoms with Crippen LogP contribution in [-0.2, 0) is 13.0 Å². The van der Waals surface area contributed by atoms with E-state index in [1.807, 2.05) is 12.1 Å². The number of aromatic nitrogens is 1. The lowest BCUT2D eigenvalue weighted by Gasteiger charge is -2.08. The van der Waals surface area contributed by atoms with Gasteiger partial charge in [0.15, 0.2) is 0 Å². The third kappa shape index (κ3) is 3.88. The molecule has 0 aliphatic heterocycles. The van der Waals surface area contributed by atoms with Gasteiger partial charge in [-0.2, -0.15) is 0 Å². The maximum Gasteiger partial charge on any atom is 0.250 e. The highest BCUT2D eigenvalue weighted by Crippen LogP contribution is 2.12. The van der Waals surface area contributed by atoms with Gasteiger partial charge in [-0.05, 0) is 36.6 Å². The Morgan fingerprint density at radius 3 is 2.60 bits per heavy atom. The number of hydrogen-bond acceptors (Lipinski definition) is 3. The van der Waals surface area contributed by atoms with E-state index in [-0.39, 0.29) is 5.56 Å². The number of ether oxygens (including phenoxy) is 1. The Morgan fingerprint density at radius 1 is 1.15 bits per heavy atom. The topological polar surface area (TPSA) is 57.2 Å². The molecule has 2 rings (SSSR count). The molecule has 2 aromatic rings. The Hall–Kier alpha value is -2.23. The molecule has 0 aliphatic rings. The summed E-state index contributed by atoms with van der Waals surface area (Å²) in [7, 11) is 0. The summed E-state index contributed by atoms with van der Waals surface area (Å²) in [5.41, 5.74) is 7.52. The van der Waals surface area contributed by atoms with Crippen molar-refractivity contribution in [3.8, 4) is 5.75 Å². The van der Waals surface area contributed by atoms with Gasteiger partial charge in [0.1, 0.15) is 5.75 Å². The molecule has 4 heteroatoms. The van der Waals surface area contributed by atoms with Gasteiger partial charge in [-0.3, -0.25) is 4.79 Å². The van der Waals surface area contributed by atoms with Crippen LogP contribution in [0.15, 0.2) is 47.4 Å². The van der Waals surface area contributed by atoms with Crippen LogP contribution < -0.4 is 16.0 Å². The molecule has 0 saturated carbocycles. The van der Waals surface area contributed by atoms with Gasteiger partial charge in [-0.15, -0.1) is 0 Å². The lowest BCUT2D eigenvalue weighted by molar-refractivity contribution is 0.301. The molecule has 0 aliphatic carbocycles. The summed E-state index contributed by atoms with van der Waals surface area (Å²) in [6, 6.07) is 11.2. The first-order chi connectivity index (χ1) is 9.69. The largest absolute Gasteiger partial charge is 0.494 e. The summed E-state index contributed by atoms with van der Waals surface area (Å²) >= 11 is 0. The highest BCUT2D eigenvalue weighted by molar-refractivity contribution is 5.33. The van der Waals surface area contributed by atoms with Crippen LogP contribution in [0.25, 0.3) is 0 Å². The second-order valence-electron chi connectivity index (χ2n) is 4.69. The van der Waals surface area contributed by atoms with Crippen LogP contribution in [0.1, 0.15) is 18.9 Å². The van der Waals surface area contributed by atoms with Gasteiger partial charge in [0.05, 0.1) is 6.61 Å². The number of nitrogens with two attached hydrogens (primary N) is 1. The van der Waals surface area contributed by atoms with E-state index in [9.17, 15) is 4.79 Å². The van der Waals surface area contributed by atoms with Gasteiger partial charge in [-0.25, -0.2) is 0 Å². The van der Waals surface area contributed by atoms with Crippen molar-refractivity contribution in [2.24, 2.45) is 0 Å². The number of benzene rings is 1. The van der Waals surface area contributed by atoms with Crippen LogP contribution in [0.5, 0.6) is 5.75 Å². The molecular formula is C16H20N2O2. The van der Waals surface area contributed by atoms with Crippen LogP contribution in [0.4, 0.5) is 5.69 Å². The lowest BCUT2D eigenvalue weighted by atomic mass is 10.2. The lowest BCUT2D eigenvalue weighted by Crippen LogP contribution is -2.20. The quantitative estimate of drug-likeness (QED) is 0.822. The molecule has 0 amide bonds. The minimum atomic E-state index is -0.0356. The van der Waals surface area contributed by atoms with Crippen molar-refractivity contribution in [1.29, 1.82) is 0 Å². The van der Waals surface area contributed by atoms with E-state index in [1.54, 1.807) is 16.8 Å². The Bertz CT molecular complexity index is 603. The number of hydrogen-bond donors (Lipinski definition) is 1. The summed E-state index contributed by atoms with van der Waals surface area (Å²) < 4.78 is 7.26. The van der Waals surface area contributed by atoms with Crippen molar-refractivity contribution in [3.05, 3.63) is 58.5 Å². The van der Waals surface area contributed by atoms with E-state index >= 15 is 0 Å². The second kappa shape index (κ2) is 6.80. The average molecular weight is 272 g/mol. The SMILES string of the molecule is CCc1ccc(OCCCn2cc(N)ccc2=O)cc1. The third-order valence-electron chi connectivity index (χ3n) is 3.15. The number of nitrogen functional groups attached to an aromatic ring is 1. The molecule has 2 N–H and O–H groups in total. The minimum absolute atomic E-state index is 0.0356. The monoisotopic (exact) mass is 272 g/mol. The predicted octanol–water partition coefficient (Wildman–Crippen LogP) is 2.46. The fraction of sp³-hybridized carbons (Fsp3) is 0.312. The van der Waals surface area contributed by atoms with Crippen molar-refractivity contribution in [3.63, 3.8) is 0 Å². The van der Waals surface area contributed by atoms with E-state index in [0.717, 1.165) is 18.6 Å². The van der Waals surface area contributed by atoms with E-state index in [0.29, 0.717) is 18.8 Å². The van der Waals surface area contributed by atoms with E-state index < -0.39 is 0 Å². The summed E-state index contributed by atoms with van der Waals surface area (Å²) in [6.45, 7) is 3.31. The molecule has 0 unspecified atom stereocenters. The van der Waals surface area contributed by atoms with Gasteiger partial charge in [-0.1, -0.05) is 19.1 Å². The van der Waals surface area contributed by atoms with Gasteiger partial charge >= 0.3 is 0 Å². The summed E-state index contributed by atoms with van der Waals surface area (Å²) in [5.74, 6) is 0.863. The molecule has 0 bridgehead atoms. The van der Waals surface area contributed by atoms with Crippen LogP contribution in [-0.4, -0.2) is 11.2 Å². The smallest absolute Gasteiger partial charge is 0.250 e. The molecular weight excluding hydrogens is 252 g/mol. The van der Waals surface area contributed by atoms with Crippen molar-refractivity contribution in [1.82, 2.24) is 4.57 Å². The van der Waals surface area contributed by atoms with E-state index in [1.165, 1.54) is 11.6 Å². The summed E-state index contributed by atoms with van der Waals surface area (Å²) in [4.78, 5) is 11.6. The van der Waals surface area contributed by atoms with Crippen molar-refractivity contribution in [2.75, 3.05) is 12.3 Å². The predicted molar refractivity (Wildman–Crippen MR) is 81.0 cm³/mol. The number of nitrogens with zero attached hydrogens (tertiary/aromatic N) is 1. The second-order valence-corrected chi connectivity index (χ2v) is 4.69. The molecule has 4 nitrogen and oxygen atoms in total. The van der Waals surface area contributed by atoms with Gasteiger partial charge < -0.3 is 15.0 Å². The molecule has 0 radical (unpaired) electrons. The molecule has 106 valence electrons. The van der Waals surface area contributed by atoms with Crippen molar-refractivity contribution < 1.29 is 4.74 Å². The number of anilines is 1. The third-order valence-corrected chi connectivity index (χ3v) is 3.15. The maximum absolute atomic E-state index is 11.6. The Morgan fingerprint density at radius 2 is 1.90 bits per heavy atom. The van der Waals surface area contributed by atoms with Gasteiger partial charge in [0.25, 0.3) is 5.56 Å². The van der Waals surface area contributed by atoms with E-state index in [4.69, 9.17) is 10.5 Å². The fourth-order valence-corrected chi connectivity index (χ4v) is 1.97. The Kier molecular flexibility index (Phi) is 4.82. The maximum atomic E-state index is 11.6. The van der Waals surface area contributed by atoms with Gasteiger partial charge in [0.2, 0.25) is 0 Å². The molecule has 1 aromatic carbocycles. The molecule has 20 heavy (non-hydrogen) atoms. The standard InChI is InChI=1S/C16H20N2O2/c1-2-13-4-7-15(8-5-13)20-11-3-10-18-12-14(17)6-9-16(18)19/h4-9,12H,2-3,10-11,17H2,1H3. The number of aryl methyl sites for hydroxylation is 2. The molecule has 1 heterocycles. The zero-order valence-electron chi connectivity index (χ0n) is 11.7. The van der Waals surface area contributed by atoms with Crippen LogP contribution in [0, 0.1) is 0 Å². The zero-order valence-corrected chi connectivity index (χ0v) is 11.7. The molecule has 0 saturated heterocycles. The van der Waals surface area contributed by atoms with Crippen LogP contribution in [0.2, 0.25) is 0 Å². The van der Waals surface area contributed by atoms with Crippen LogP contribution in [0.3, 0.4) is 0 Å². The first-order valence-electron chi connectivity index (χ1n) is 6.87. The minimum Gasteiger partial charge on any atom is -0.494 e. The normalized spacial score (nSPS) is 10.4. The Balaban J connectivity index is 1.81. The van der Waals surface area contributed by atoms with E-state index in [2.05, 4.69) is 19.1 Å². The number of rotatable bonds is 6. The molecule has 0 spiro atoms. The van der Waals surface area contributed by atoms with Crippen LogP contribution >= 0.6 is 0 Å². The number of pyridine rings is 1. The Labute approximate surface area is 118 Å². The molecule has 0 fully saturated rings. The van der Waals surface area contributed by atoms with Crippen molar-refractivity contribution in [2.45, 2.75) is 26.3 Å². The zero-order chi connectivity index (χ0) is 14.4.